The Kier molecular flexibility index (Phi) is 6.90. The molecule has 1 aliphatic carbocycles. The molecule has 1 aliphatic rings. The molecule has 1 fully saturated rings. The van der Waals surface area contributed by atoms with Gasteiger partial charge in [-0.3, -0.25) is 19.7 Å². The Morgan fingerprint density at radius 3 is 2.17 bits per heavy atom. The largest absolute Gasteiger partial charge is 0.326 e. The lowest BCUT2D eigenvalue weighted by Crippen LogP contribution is -2.24. The smallest absolute Gasteiger partial charge is 0.271 e. The van der Waals surface area contributed by atoms with Crippen molar-refractivity contribution in [2.45, 2.75) is 39.0 Å². The third-order valence-corrected chi connectivity index (χ3v) is 5.21. The molecule has 0 unspecified atom stereocenters. The van der Waals surface area contributed by atoms with Gasteiger partial charge >= 0.3 is 0 Å². The summed E-state index contributed by atoms with van der Waals surface area (Å²) in [6.45, 7) is 1.76. The quantitative estimate of drug-likeness (QED) is 0.422. The number of rotatable bonds is 6. The van der Waals surface area contributed by atoms with Crippen LogP contribution in [-0.2, 0) is 4.79 Å². The topological polar surface area (TPSA) is 114 Å². The van der Waals surface area contributed by atoms with E-state index in [4.69, 9.17) is 0 Å². The van der Waals surface area contributed by atoms with Gasteiger partial charge in [0.2, 0.25) is 5.91 Å². The first-order valence-corrected chi connectivity index (χ1v) is 9.94. The van der Waals surface area contributed by atoms with Crippen LogP contribution >= 0.6 is 0 Å². The zero-order valence-electron chi connectivity index (χ0n) is 16.8. The molecule has 2 aromatic carbocycles. The van der Waals surface area contributed by atoms with Gasteiger partial charge in [-0.05, 0) is 49.6 Å². The molecule has 0 atom stereocenters. The minimum atomic E-state index is -0.523. The number of nitro groups is 1. The van der Waals surface area contributed by atoms with Crippen LogP contribution in [0.15, 0.2) is 53.6 Å². The number of nitro benzene ring substituents is 1. The van der Waals surface area contributed by atoms with Crippen molar-refractivity contribution in [3.05, 3.63) is 69.8 Å². The molecule has 0 bridgehead atoms. The number of hydrogen-bond donors (Lipinski definition) is 2. The summed E-state index contributed by atoms with van der Waals surface area (Å²) in [5.41, 5.74) is 4.77. The fourth-order valence-electron chi connectivity index (χ4n) is 3.40. The van der Waals surface area contributed by atoms with Crippen LogP contribution in [0.1, 0.15) is 54.9 Å². The average molecular weight is 408 g/mol. The van der Waals surface area contributed by atoms with Gasteiger partial charge in [-0.15, -0.1) is 0 Å². The summed E-state index contributed by atoms with van der Waals surface area (Å²) < 4.78 is 0. The van der Waals surface area contributed by atoms with E-state index >= 15 is 0 Å². The van der Waals surface area contributed by atoms with E-state index in [0.717, 1.165) is 36.9 Å². The lowest BCUT2D eigenvalue weighted by atomic mass is 9.88. The van der Waals surface area contributed by atoms with Gasteiger partial charge in [0.25, 0.3) is 11.6 Å². The van der Waals surface area contributed by atoms with E-state index in [9.17, 15) is 19.7 Å². The highest BCUT2D eigenvalue weighted by Gasteiger charge is 2.21. The number of carbonyl (C=O) groups excluding carboxylic acids is 2. The third-order valence-electron chi connectivity index (χ3n) is 5.21. The van der Waals surface area contributed by atoms with Gasteiger partial charge in [0.05, 0.1) is 10.6 Å². The SMILES string of the molecule is CC(=NNC(=O)c1ccc([N+](=O)[O-])cc1)c1ccc(NC(=O)C2CCCCC2)cc1. The van der Waals surface area contributed by atoms with Crippen LogP contribution in [0.25, 0.3) is 0 Å². The Balaban J connectivity index is 1.57. The Bertz CT molecular complexity index is 946. The minimum Gasteiger partial charge on any atom is -0.326 e. The monoisotopic (exact) mass is 408 g/mol. The van der Waals surface area contributed by atoms with Crippen LogP contribution in [0.5, 0.6) is 0 Å². The average Bonchev–Trinajstić information content (AvgIpc) is 2.78. The molecule has 0 aliphatic heterocycles. The van der Waals surface area contributed by atoms with Crippen molar-refractivity contribution in [3.63, 3.8) is 0 Å². The second-order valence-electron chi connectivity index (χ2n) is 7.34. The van der Waals surface area contributed by atoms with Crippen molar-refractivity contribution < 1.29 is 14.5 Å². The van der Waals surface area contributed by atoms with E-state index in [-0.39, 0.29) is 23.1 Å². The maximum absolute atomic E-state index is 12.3. The molecule has 8 nitrogen and oxygen atoms in total. The zero-order valence-corrected chi connectivity index (χ0v) is 16.8. The summed E-state index contributed by atoms with van der Waals surface area (Å²) >= 11 is 0. The number of hydrazone groups is 1. The molecule has 30 heavy (non-hydrogen) atoms. The number of non-ortho nitro benzene ring substituents is 1. The van der Waals surface area contributed by atoms with E-state index in [1.165, 1.54) is 30.7 Å². The second kappa shape index (κ2) is 9.78. The molecule has 0 radical (unpaired) electrons. The Morgan fingerprint density at radius 2 is 1.57 bits per heavy atom. The predicted molar refractivity (Wildman–Crippen MR) is 114 cm³/mol. The Labute approximate surface area is 174 Å². The number of anilines is 1. The zero-order chi connectivity index (χ0) is 21.5. The highest BCUT2D eigenvalue weighted by atomic mass is 16.6. The minimum absolute atomic E-state index is 0.0724. The maximum Gasteiger partial charge on any atom is 0.271 e. The summed E-state index contributed by atoms with van der Waals surface area (Å²) in [6, 6.07) is 12.6. The molecule has 156 valence electrons. The first kappa shape index (κ1) is 21.2. The van der Waals surface area contributed by atoms with E-state index in [0.29, 0.717) is 5.71 Å². The van der Waals surface area contributed by atoms with Gasteiger partial charge < -0.3 is 5.32 Å². The van der Waals surface area contributed by atoms with E-state index in [2.05, 4.69) is 15.8 Å². The van der Waals surface area contributed by atoms with Gasteiger partial charge in [0.15, 0.2) is 0 Å². The van der Waals surface area contributed by atoms with Crippen molar-refractivity contribution in [2.75, 3.05) is 5.32 Å². The number of amides is 2. The van der Waals surface area contributed by atoms with Crippen LogP contribution in [0, 0.1) is 16.0 Å². The van der Waals surface area contributed by atoms with E-state index in [1.54, 1.807) is 6.92 Å². The molecular formula is C22H24N4O4. The molecule has 0 saturated heterocycles. The fourth-order valence-corrected chi connectivity index (χ4v) is 3.40. The molecule has 8 heteroatoms. The second-order valence-corrected chi connectivity index (χ2v) is 7.34. The molecule has 0 aromatic heterocycles. The highest BCUT2D eigenvalue weighted by molar-refractivity contribution is 6.01. The van der Waals surface area contributed by atoms with Gasteiger partial charge in [0, 0.05) is 29.3 Å². The summed E-state index contributed by atoms with van der Waals surface area (Å²) in [6.07, 6.45) is 5.32. The first-order valence-electron chi connectivity index (χ1n) is 9.94. The lowest BCUT2D eigenvalue weighted by Gasteiger charge is -2.20. The van der Waals surface area contributed by atoms with Gasteiger partial charge in [-0.25, -0.2) is 5.43 Å². The summed E-state index contributed by atoms with van der Waals surface area (Å²) in [7, 11) is 0. The van der Waals surface area contributed by atoms with E-state index < -0.39 is 10.8 Å². The normalized spacial score (nSPS) is 14.8. The van der Waals surface area contributed by atoms with Gasteiger partial charge in [-0.1, -0.05) is 31.4 Å². The van der Waals surface area contributed by atoms with Crippen molar-refractivity contribution in [2.24, 2.45) is 11.0 Å². The number of benzene rings is 2. The third kappa shape index (κ3) is 5.50. The van der Waals surface area contributed by atoms with Crippen molar-refractivity contribution in [3.8, 4) is 0 Å². The molecule has 2 amide bonds. The molecule has 2 N–H and O–H groups in total. The first-order chi connectivity index (χ1) is 14.4. The Hall–Kier alpha value is -3.55. The molecule has 1 saturated carbocycles. The molecule has 3 rings (SSSR count). The maximum atomic E-state index is 12.3. The van der Waals surface area contributed by atoms with Crippen LogP contribution in [0.2, 0.25) is 0 Å². The molecule has 2 aromatic rings. The number of nitrogens with zero attached hydrogens (tertiary/aromatic N) is 2. The number of hydrogen-bond acceptors (Lipinski definition) is 5. The highest BCUT2D eigenvalue weighted by Crippen LogP contribution is 2.25. The summed E-state index contributed by atoms with van der Waals surface area (Å²) in [5, 5.41) is 17.7. The molecular weight excluding hydrogens is 384 g/mol. The van der Waals surface area contributed by atoms with Crippen molar-refractivity contribution in [1.82, 2.24) is 5.43 Å². The number of carbonyl (C=O) groups is 2. The van der Waals surface area contributed by atoms with Crippen molar-refractivity contribution >= 4 is 28.9 Å². The lowest BCUT2D eigenvalue weighted by molar-refractivity contribution is -0.384. The van der Waals surface area contributed by atoms with Gasteiger partial charge in [0.1, 0.15) is 0 Å². The van der Waals surface area contributed by atoms with Crippen LogP contribution in [0.3, 0.4) is 0 Å². The standard InChI is InChI=1S/C22H24N4O4/c1-15(24-25-22(28)18-9-13-20(14-10-18)26(29)30)16-7-11-19(12-8-16)23-21(27)17-5-3-2-4-6-17/h7-14,17H,2-6H2,1H3,(H,23,27)(H,25,28). The summed E-state index contributed by atoms with van der Waals surface area (Å²) in [5.74, 6) is -0.292. The van der Waals surface area contributed by atoms with E-state index in [1.807, 2.05) is 24.3 Å². The van der Waals surface area contributed by atoms with Crippen molar-refractivity contribution in [1.29, 1.82) is 0 Å². The Morgan fingerprint density at radius 1 is 0.967 bits per heavy atom. The fraction of sp³-hybridized carbons (Fsp3) is 0.318. The van der Waals surface area contributed by atoms with Crippen LogP contribution in [0.4, 0.5) is 11.4 Å². The van der Waals surface area contributed by atoms with Crippen LogP contribution in [-0.4, -0.2) is 22.4 Å². The molecule has 0 spiro atoms. The predicted octanol–water partition coefficient (Wildman–Crippen LogP) is 4.27. The van der Waals surface area contributed by atoms with Crippen LogP contribution < -0.4 is 10.7 Å². The summed E-state index contributed by atoms with van der Waals surface area (Å²) in [4.78, 5) is 34.6. The van der Waals surface area contributed by atoms with Gasteiger partial charge in [-0.2, -0.15) is 5.10 Å². The number of nitrogens with one attached hydrogen (secondary N) is 2. The molecule has 0 heterocycles.